The number of ether oxygens (including phenoxy) is 1. The van der Waals surface area contributed by atoms with Crippen LogP contribution < -0.4 is 4.74 Å². The Morgan fingerprint density at radius 2 is 2.32 bits per heavy atom. The highest BCUT2D eigenvalue weighted by Crippen LogP contribution is 2.49. The molecular formula is C17H27NO. The zero-order valence-electron chi connectivity index (χ0n) is 12.8. The summed E-state index contributed by atoms with van der Waals surface area (Å²) in [6.07, 6.45) is 7.07. The maximum Gasteiger partial charge on any atom is 0.213 e. The summed E-state index contributed by atoms with van der Waals surface area (Å²) in [5, 5.41) is 0. The molecule has 1 fully saturated rings. The van der Waals surface area contributed by atoms with E-state index in [-0.39, 0.29) is 0 Å². The molecular weight excluding hydrogens is 234 g/mol. The third kappa shape index (κ3) is 3.10. The van der Waals surface area contributed by atoms with Crippen molar-refractivity contribution in [3.8, 4) is 5.88 Å². The average Bonchev–Trinajstić information content (AvgIpc) is 2.78. The molecule has 1 aliphatic carbocycles. The minimum Gasteiger partial charge on any atom is -0.477 e. The molecule has 2 heteroatoms. The quantitative estimate of drug-likeness (QED) is 0.771. The lowest BCUT2D eigenvalue weighted by molar-refractivity contribution is 0.0859. The highest BCUT2D eigenvalue weighted by molar-refractivity contribution is 5.18. The van der Waals surface area contributed by atoms with Crippen LogP contribution in [-0.2, 0) is 0 Å². The number of aromatic nitrogens is 1. The van der Waals surface area contributed by atoms with E-state index in [1.807, 2.05) is 18.3 Å². The van der Waals surface area contributed by atoms with Gasteiger partial charge in [-0.05, 0) is 48.6 Å². The molecule has 0 saturated heterocycles. The largest absolute Gasteiger partial charge is 0.477 e. The zero-order valence-corrected chi connectivity index (χ0v) is 12.8. The lowest BCUT2D eigenvalue weighted by atomic mass is 9.69. The number of hydrogen-bond donors (Lipinski definition) is 0. The van der Waals surface area contributed by atoms with Gasteiger partial charge in [0.1, 0.15) is 0 Å². The van der Waals surface area contributed by atoms with Crippen molar-refractivity contribution in [3.05, 3.63) is 23.9 Å². The van der Waals surface area contributed by atoms with Crippen LogP contribution in [0.5, 0.6) is 5.88 Å². The maximum atomic E-state index is 5.95. The minimum atomic E-state index is 0.443. The lowest BCUT2D eigenvalue weighted by Gasteiger charge is -2.37. The summed E-state index contributed by atoms with van der Waals surface area (Å²) in [5.41, 5.74) is 1.65. The van der Waals surface area contributed by atoms with E-state index in [9.17, 15) is 0 Å². The van der Waals surface area contributed by atoms with Crippen LogP contribution >= 0.6 is 0 Å². The molecule has 19 heavy (non-hydrogen) atoms. The summed E-state index contributed by atoms with van der Waals surface area (Å²) in [4.78, 5) is 4.29. The minimum absolute atomic E-state index is 0.443. The summed E-state index contributed by atoms with van der Waals surface area (Å²) >= 11 is 0. The SMILES string of the molecule is CC[C@H](C)[C@]1(C)CCC[C@@H]1COc1cc(C)ccn1. The van der Waals surface area contributed by atoms with Crippen molar-refractivity contribution in [3.63, 3.8) is 0 Å². The molecule has 1 aromatic heterocycles. The van der Waals surface area contributed by atoms with Crippen LogP contribution in [0.1, 0.15) is 52.0 Å². The Labute approximate surface area is 117 Å². The second-order valence-corrected chi connectivity index (χ2v) is 6.39. The third-order valence-corrected chi connectivity index (χ3v) is 5.26. The molecule has 0 spiro atoms. The van der Waals surface area contributed by atoms with Crippen molar-refractivity contribution in [1.82, 2.24) is 4.98 Å². The van der Waals surface area contributed by atoms with Crippen LogP contribution in [-0.4, -0.2) is 11.6 Å². The van der Waals surface area contributed by atoms with E-state index < -0.39 is 0 Å². The van der Waals surface area contributed by atoms with Crippen LogP contribution in [0.3, 0.4) is 0 Å². The van der Waals surface area contributed by atoms with Crippen LogP contribution in [0.2, 0.25) is 0 Å². The predicted octanol–water partition coefficient (Wildman–Crippen LogP) is 4.62. The van der Waals surface area contributed by atoms with E-state index in [0.717, 1.165) is 18.4 Å². The molecule has 0 N–H and O–H groups in total. The highest BCUT2D eigenvalue weighted by atomic mass is 16.5. The van der Waals surface area contributed by atoms with E-state index in [4.69, 9.17) is 4.74 Å². The fraction of sp³-hybridized carbons (Fsp3) is 0.706. The molecule has 1 saturated carbocycles. The van der Waals surface area contributed by atoms with Crippen molar-refractivity contribution in [2.75, 3.05) is 6.61 Å². The fourth-order valence-corrected chi connectivity index (χ4v) is 3.43. The maximum absolute atomic E-state index is 5.95. The molecule has 1 heterocycles. The molecule has 0 unspecified atom stereocenters. The van der Waals surface area contributed by atoms with Gasteiger partial charge in [-0.2, -0.15) is 0 Å². The van der Waals surface area contributed by atoms with Gasteiger partial charge >= 0.3 is 0 Å². The van der Waals surface area contributed by atoms with Gasteiger partial charge in [0, 0.05) is 12.3 Å². The molecule has 2 nitrogen and oxygen atoms in total. The first-order valence-electron chi connectivity index (χ1n) is 7.61. The Morgan fingerprint density at radius 3 is 3.00 bits per heavy atom. The van der Waals surface area contributed by atoms with Gasteiger partial charge in [0.2, 0.25) is 5.88 Å². The molecule has 0 radical (unpaired) electrons. The summed E-state index contributed by atoms with van der Waals surface area (Å²) in [6, 6.07) is 4.03. The van der Waals surface area contributed by atoms with Crippen molar-refractivity contribution in [2.45, 2.75) is 53.4 Å². The van der Waals surface area contributed by atoms with Gasteiger partial charge in [0.15, 0.2) is 0 Å². The van der Waals surface area contributed by atoms with E-state index in [0.29, 0.717) is 11.3 Å². The summed E-state index contributed by atoms with van der Waals surface area (Å²) in [5.74, 6) is 2.22. The monoisotopic (exact) mass is 261 g/mol. The van der Waals surface area contributed by atoms with Crippen molar-refractivity contribution in [2.24, 2.45) is 17.3 Å². The van der Waals surface area contributed by atoms with Crippen LogP contribution in [0.4, 0.5) is 0 Å². The van der Waals surface area contributed by atoms with Gasteiger partial charge in [-0.25, -0.2) is 4.98 Å². The van der Waals surface area contributed by atoms with Gasteiger partial charge < -0.3 is 4.74 Å². The van der Waals surface area contributed by atoms with Gasteiger partial charge in [0.25, 0.3) is 0 Å². The van der Waals surface area contributed by atoms with Crippen LogP contribution in [0.25, 0.3) is 0 Å². The molecule has 0 aliphatic heterocycles. The zero-order chi connectivity index (χ0) is 13.9. The lowest BCUT2D eigenvalue weighted by Crippen LogP contribution is -2.33. The Bertz CT molecular complexity index is 417. The van der Waals surface area contributed by atoms with Gasteiger partial charge in [-0.15, -0.1) is 0 Å². The number of nitrogens with zero attached hydrogens (tertiary/aromatic N) is 1. The molecule has 0 amide bonds. The first-order valence-corrected chi connectivity index (χ1v) is 7.61. The first kappa shape index (κ1) is 14.4. The van der Waals surface area contributed by atoms with E-state index in [1.54, 1.807) is 0 Å². The van der Waals surface area contributed by atoms with Crippen molar-refractivity contribution < 1.29 is 4.74 Å². The smallest absolute Gasteiger partial charge is 0.213 e. The Kier molecular flexibility index (Phi) is 4.49. The molecule has 0 bridgehead atoms. The van der Waals surface area contributed by atoms with Gasteiger partial charge in [0.05, 0.1) is 6.61 Å². The standard InChI is InChI=1S/C17H27NO/c1-5-14(3)17(4)9-6-7-15(17)12-19-16-11-13(2)8-10-18-16/h8,10-11,14-15H,5-7,9,12H2,1-4H3/t14-,15+,17-/m0/s1. The van der Waals surface area contributed by atoms with Gasteiger partial charge in [-0.3, -0.25) is 0 Å². The molecule has 1 aromatic rings. The summed E-state index contributed by atoms with van der Waals surface area (Å²) in [7, 11) is 0. The molecule has 3 atom stereocenters. The van der Waals surface area contributed by atoms with Crippen LogP contribution in [0.15, 0.2) is 18.3 Å². The average molecular weight is 261 g/mol. The number of aryl methyl sites for hydroxylation is 1. The Hall–Kier alpha value is -1.05. The van der Waals surface area contributed by atoms with E-state index in [1.165, 1.54) is 31.2 Å². The predicted molar refractivity (Wildman–Crippen MR) is 79.4 cm³/mol. The van der Waals surface area contributed by atoms with E-state index in [2.05, 4.69) is 32.7 Å². The van der Waals surface area contributed by atoms with E-state index >= 15 is 0 Å². The van der Waals surface area contributed by atoms with Crippen LogP contribution in [0, 0.1) is 24.2 Å². The number of rotatable bonds is 5. The second-order valence-electron chi connectivity index (χ2n) is 6.39. The first-order chi connectivity index (χ1) is 9.06. The Balaban J connectivity index is 1.98. The fourth-order valence-electron chi connectivity index (χ4n) is 3.43. The highest BCUT2D eigenvalue weighted by Gasteiger charge is 2.42. The molecule has 2 rings (SSSR count). The normalized spacial score (nSPS) is 28.3. The van der Waals surface area contributed by atoms with Gasteiger partial charge in [-0.1, -0.05) is 33.6 Å². The topological polar surface area (TPSA) is 22.1 Å². The number of pyridine rings is 1. The summed E-state index contributed by atoms with van der Waals surface area (Å²) < 4.78 is 5.95. The molecule has 0 aromatic carbocycles. The van der Waals surface area contributed by atoms with Crippen molar-refractivity contribution in [1.29, 1.82) is 0 Å². The number of hydrogen-bond acceptors (Lipinski definition) is 2. The molecule has 106 valence electrons. The van der Waals surface area contributed by atoms with Crippen molar-refractivity contribution >= 4 is 0 Å². The third-order valence-electron chi connectivity index (χ3n) is 5.26. The summed E-state index contributed by atoms with van der Waals surface area (Å²) in [6.45, 7) is 10.0. The molecule has 1 aliphatic rings. The second kappa shape index (κ2) is 5.94. The Morgan fingerprint density at radius 1 is 1.53 bits per heavy atom.